The fraction of sp³-hybridized carbons (Fsp3) is 1.00. The van der Waals surface area contributed by atoms with Gasteiger partial charge in [-0.05, 0) is 0 Å². The first-order chi connectivity index (χ1) is 4.16. The van der Waals surface area contributed by atoms with Crippen molar-refractivity contribution in [2.45, 2.75) is 6.10 Å². The smallest absolute Gasteiger partial charge is 0.109 e. The number of nitrogens with zero attached hydrogens (tertiary/aromatic N) is 1. The zero-order valence-electron chi connectivity index (χ0n) is 5.79. The highest BCUT2D eigenvalue weighted by Gasteiger charge is 2.00. The van der Waals surface area contributed by atoms with Gasteiger partial charge in [-0.25, -0.2) is 5.11 Å². The van der Waals surface area contributed by atoms with Crippen LogP contribution in [0.25, 0.3) is 0 Å². The Kier molecular flexibility index (Phi) is 4.61. The first-order valence-electron chi connectivity index (χ1n) is 2.83. The lowest BCUT2D eigenvalue weighted by molar-refractivity contribution is 0.0446. The molecule has 0 aliphatic carbocycles. The van der Waals surface area contributed by atoms with Gasteiger partial charge in [-0.1, -0.05) is 0 Å². The molecule has 0 aliphatic rings. The van der Waals surface area contributed by atoms with Crippen molar-refractivity contribution in [2.24, 2.45) is 0 Å². The lowest BCUT2D eigenvalue weighted by Gasteiger charge is -2.13. The molecule has 1 unspecified atom stereocenters. The monoisotopic (exact) mass is 133 g/mol. The second-order valence-electron chi connectivity index (χ2n) is 2.08. The average Bonchev–Trinajstić information content (AvgIpc) is 1.83. The molecular formula is C5H13N2O2. The molecule has 0 aliphatic heterocycles. The normalized spacial score (nSPS) is 14.3. The maximum absolute atomic E-state index is 9.93. The molecule has 0 aromatic heterocycles. The Labute approximate surface area is 55.1 Å². The summed E-state index contributed by atoms with van der Waals surface area (Å²) in [5.74, 6) is 0. The van der Waals surface area contributed by atoms with E-state index in [0.717, 1.165) is 0 Å². The molecule has 0 amide bonds. The molecule has 0 bridgehead atoms. The summed E-state index contributed by atoms with van der Waals surface area (Å²) in [7, 11) is 3.61. The summed E-state index contributed by atoms with van der Waals surface area (Å²) in [5, 5.41) is 20.3. The van der Waals surface area contributed by atoms with E-state index in [1.165, 1.54) is 0 Å². The van der Waals surface area contributed by atoms with E-state index in [2.05, 4.69) is 5.43 Å². The average molecular weight is 133 g/mol. The van der Waals surface area contributed by atoms with E-state index in [1.807, 2.05) is 0 Å². The van der Waals surface area contributed by atoms with E-state index < -0.39 is 12.7 Å². The minimum atomic E-state index is -0.771. The van der Waals surface area contributed by atoms with Crippen molar-refractivity contribution < 1.29 is 10.2 Å². The van der Waals surface area contributed by atoms with Crippen molar-refractivity contribution in [3.05, 3.63) is 0 Å². The molecule has 0 rings (SSSR count). The zero-order chi connectivity index (χ0) is 7.28. The van der Waals surface area contributed by atoms with E-state index in [9.17, 15) is 5.11 Å². The summed E-state index contributed by atoms with van der Waals surface area (Å²) in [4.78, 5) is 0. The third-order valence-electron chi connectivity index (χ3n) is 0.836. The standard InChI is InChI=1S/C5H13N2O2/c1-7(2)6-3-5(9)4-8/h5-6,9H,3-4H2,1-2H3. The lowest BCUT2D eigenvalue weighted by atomic mass is 10.4. The van der Waals surface area contributed by atoms with Gasteiger partial charge in [0.25, 0.3) is 0 Å². The van der Waals surface area contributed by atoms with Crippen LogP contribution in [0.2, 0.25) is 0 Å². The quantitative estimate of drug-likeness (QED) is 0.476. The number of hydrazine groups is 1. The second-order valence-corrected chi connectivity index (χ2v) is 2.08. The van der Waals surface area contributed by atoms with Crippen LogP contribution in [0, 0.1) is 0 Å². The third kappa shape index (κ3) is 5.72. The lowest BCUT2D eigenvalue weighted by Crippen LogP contribution is -2.37. The molecule has 0 aromatic rings. The van der Waals surface area contributed by atoms with Crippen LogP contribution in [0.5, 0.6) is 0 Å². The van der Waals surface area contributed by atoms with Crippen molar-refractivity contribution in [1.29, 1.82) is 0 Å². The van der Waals surface area contributed by atoms with Crippen molar-refractivity contribution in [1.82, 2.24) is 10.4 Å². The van der Waals surface area contributed by atoms with Crippen LogP contribution >= 0.6 is 0 Å². The maximum Gasteiger partial charge on any atom is 0.109 e. The topological polar surface area (TPSA) is 55.4 Å². The van der Waals surface area contributed by atoms with Gasteiger partial charge < -0.3 is 5.11 Å². The van der Waals surface area contributed by atoms with Gasteiger partial charge in [-0.15, -0.1) is 0 Å². The summed E-state index contributed by atoms with van der Waals surface area (Å²) < 4.78 is 0. The molecule has 0 heterocycles. The summed E-state index contributed by atoms with van der Waals surface area (Å²) in [6.45, 7) is -0.114. The first kappa shape index (κ1) is 8.84. The predicted molar refractivity (Wildman–Crippen MR) is 33.2 cm³/mol. The van der Waals surface area contributed by atoms with Crippen LogP contribution in [0.1, 0.15) is 0 Å². The van der Waals surface area contributed by atoms with Crippen molar-refractivity contribution in [3.8, 4) is 0 Å². The van der Waals surface area contributed by atoms with Gasteiger partial charge in [0.2, 0.25) is 0 Å². The van der Waals surface area contributed by atoms with Gasteiger partial charge in [-0.3, -0.25) is 10.4 Å². The highest BCUT2D eigenvalue weighted by molar-refractivity contribution is 4.52. The van der Waals surface area contributed by atoms with Crippen molar-refractivity contribution in [2.75, 3.05) is 27.2 Å². The second kappa shape index (κ2) is 4.69. The number of rotatable bonds is 4. The number of aliphatic hydroxyl groups is 1. The van der Waals surface area contributed by atoms with Crippen LogP contribution in [-0.4, -0.2) is 43.5 Å². The summed E-state index contributed by atoms with van der Waals surface area (Å²) >= 11 is 0. The molecule has 55 valence electrons. The van der Waals surface area contributed by atoms with E-state index in [4.69, 9.17) is 5.11 Å². The van der Waals surface area contributed by atoms with Crippen LogP contribution in [-0.2, 0) is 5.11 Å². The van der Waals surface area contributed by atoms with E-state index in [0.29, 0.717) is 6.54 Å². The summed E-state index contributed by atoms with van der Waals surface area (Å²) in [6, 6.07) is 0. The molecule has 1 radical (unpaired) electrons. The van der Waals surface area contributed by atoms with Gasteiger partial charge >= 0.3 is 0 Å². The van der Waals surface area contributed by atoms with E-state index in [1.54, 1.807) is 19.1 Å². The van der Waals surface area contributed by atoms with Crippen molar-refractivity contribution in [3.63, 3.8) is 0 Å². The molecule has 9 heavy (non-hydrogen) atoms. The Hall–Kier alpha value is -0.160. The molecule has 1 atom stereocenters. The minimum Gasteiger partial charge on any atom is -0.389 e. The summed E-state index contributed by atoms with van der Waals surface area (Å²) in [5.41, 5.74) is 2.78. The van der Waals surface area contributed by atoms with E-state index in [-0.39, 0.29) is 0 Å². The first-order valence-corrected chi connectivity index (χ1v) is 2.83. The number of hydrogen-bond donors (Lipinski definition) is 2. The third-order valence-corrected chi connectivity index (χ3v) is 0.836. The largest absolute Gasteiger partial charge is 0.389 e. The van der Waals surface area contributed by atoms with Crippen LogP contribution in [0.3, 0.4) is 0 Å². The fourth-order valence-corrected chi connectivity index (χ4v) is 0.347. The SMILES string of the molecule is CN(C)NCC(O)C[O]. The number of aliphatic hydroxyl groups excluding tert-OH is 1. The highest BCUT2D eigenvalue weighted by atomic mass is 16.3. The summed E-state index contributed by atoms with van der Waals surface area (Å²) in [6.07, 6.45) is -0.771. The molecular weight excluding hydrogens is 120 g/mol. The van der Waals surface area contributed by atoms with Gasteiger partial charge in [0, 0.05) is 20.6 Å². The van der Waals surface area contributed by atoms with Gasteiger partial charge in [0.15, 0.2) is 0 Å². The molecule has 0 aromatic carbocycles. The number of nitrogens with one attached hydrogen (secondary N) is 1. The highest BCUT2D eigenvalue weighted by Crippen LogP contribution is 1.76. The van der Waals surface area contributed by atoms with Gasteiger partial charge in [0.1, 0.15) is 6.61 Å². The molecule has 4 nitrogen and oxygen atoms in total. The van der Waals surface area contributed by atoms with Gasteiger partial charge in [-0.2, -0.15) is 0 Å². The van der Waals surface area contributed by atoms with Crippen LogP contribution in [0.15, 0.2) is 0 Å². The Balaban J connectivity index is 3.06. The zero-order valence-corrected chi connectivity index (χ0v) is 5.79. The molecule has 2 N–H and O–H groups in total. The Bertz CT molecular complexity index is 68.0. The Morgan fingerprint density at radius 3 is 2.56 bits per heavy atom. The molecule has 0 spiro atoms. The molecule has 0 saturated carbocycles. The van der Waals surface area contributed by atoms with Crippen LogP contribution in [0.4, 0.5) is 0 Å². The van der Waals surface area contributed by atoms with Crippen LogP contribution < -0.4 is 5.43 Å². The van der Waals surface area contributed by atoms with E-state index >= 15 is 0 Å². The number of hydrogen-bond acceptors (Lipinski definition) is 3. The van der Waals surface area contributed by atoms with Crippen molar-refractivity contribution >= 4 is 0 Å². The fourth-order valence-electron chi connectivity index (χ4n) is 0.347. The maximum atomic E-state index is 9.93. The molecule has 0 saturated heterocycles. The Morgan fingerprint density at radius 2 is 2.22 bits per heavy atom. The molecule has 0 fully saturated rings. The molecule has 4 heteroatoms. The predicted octanol–water partition coefficient (Wildman–Crippen LogP) is -1.16. The Morgan fingerprint density at radius 1 is 1.67 bits per heavy atom. The minimum absolute atomic E-state index is 0.330. The van der Waals surface area contributed by atoms with Gasteiger partial charge in [0.05, 0.1) is 6.10 Å².